The highest BCUT2D eigenvalue weighted by molar-refractivity contribution is 5.69. The van der Waals surface area contributed by atoms with E-state index in [0.29, 0.717) is 13.0 Å². The Kier molecular flexibility index (Phi) is 17.3. The van der Waals surface area contributed by atoms with E-state index in [0.717, 1.165) is 51.4 Å². The van der Waals surface area contributed by atoms with Crippen LogP contribution in [0.3, 0.4) is 0 Å². The molecule has 0 aliphatic rings. The molecule has 3 nitrogen and oxygen atoms in total. The Labute approximate surface area is 144 Å². The van der Waals surface area contributed by atoms with Crippen LogP contribution in [0.2, 0.25) is 0 Å². The van der Waals surface area contributed by atoms with E-state index < -0.39 is 0 Å². The lowest BCUT2D eigenvalue weighted by Gasteiger charge is -2.07. The Morgan fingerprint density at radius 1 is 0.826 bits per heavy atom. The Balaban J connectivity index is 3.19. The van der Waals surface area contributed by atoms with Crippen molar-refractivity contribution in [2.24, 2.45) is 0 Å². The van der Waals surface area contributed by atoms with Crippen LogP contribution in [0.25, 0.3) is 0 Å². The minimum absolute atomic E-state index is 0.0302. The standard InChI is InChI=1S/C20H40O3/c1-3-5-6-7-8-9-10-14-17-20(22)23-18-15-12-11-13-16-19(21)4-2/h19,21H,3-18H2,1-2H3. The van der Waals surface area contributed by atoms with Gasteiger partial charge >= 0.3 is 5.97 Å². The summed E-state index contributed by atoms with van der Waals surface area (Å²) in [4.78, 5) is 11.6. The molecule has 0 bridgehead atoms. The molecular weight excluding hydrogens is 288 g/mol. The van der Waals surface area contributed by atoms with Crippen molar-refractivity contribution in [2.45, 2.75) is 116 Å². The van der Waals surface area contributed by atoms with Gasteiger partial charge in [0.05, 0.1) is 12.7 Å². The number of carbonyl (C=O) groups excluding carboxylic acids is 1. The van der Waals surface area contributed by atoms with Crippen LogP contribution in [-0.4, -0.2) is 23.8 Å². The molecule has 0 heterocycles. The summed E-state index contributed by atoms with van der Waals surface area (Å²) in [5, 5.41) is 9.44. The van der Waals surface area contributed by atoms with Gasteiger partial charge in [-0.3, -0.25) is 4.79 Å². The molecule has 0 aromatic carbocycles. The van der Waals surface area contributed by atoms with E-state index in [1.807, 2.05) is 6.92 Å². The smallest absolute Gasteiger partial charge is 0.305 e. The van der Waals surface area contributed by atoms with Gasteiger partial charge < -0.3 is 9.84 Å². The summed E-state index contributed by atoms with van der Waals surface area (Å²) in [5.41, 5.74) is 0. The molecule has 0 aliphatic heterocycles. The molecule has 1 atom stereocenters. The minimum Gasteiger partial charge on any atom is -0.466 e. The second-order valence-corrected chi connectivity index (χ2v) is 6.71. The first-order valence-electron chi connectivity index (χ1n) is 10.0. The lowest BCUT2D eigenvalue weighted by atomic mass is 10.1. The van der Waals surface area contributed by atoms with Gasteiger partial charge in [0, 0.05) is 6.42 Å². The fraction of sp³-hybridized carbons (Fsp3) is 0.950. The van der Waals surface area contributed by atoms with Gasteiger partial charge in [0.15, 0.2) is 0 Å². The Bertz CT molecular complexity index is 253. The zero-order valence-corrected chi connectivity index (χ0v) is 15.7. The lowest BCUT2D eigenvalue weighted by molar-refractivity contribution is -0.143. The third-order valence-corrected chi connectivity index (χ3v) is 4.40. The number of aliphatic hydroxyl groups is 1. The average Bonchev–Trinajstić information content (AvgIpc) is 2.56. The molecule has 1 unspecified atom stereocenters. The first kappa shape index (κ1) is 22.4. The van der Waals surface area contributed by atoms with E-state index in [2.05, 4.69) is 6.92 Å². The van der Waals surface area contributed by atoms with Gasteiger partial charge in [-0.1, -0.05) is 78.1 Å². The number of hydrogen-bond acceptors (Lipinski definition) is 3. The summed E-state index contributed by atoms with van der Waals surface area (Å²) >= 11 is 0. The molecular formula is C20H40O3. The summed E-state index contributed by atoms with van der Waals surface area (Å²) in [6.45, 7) is 4.81. The third kappa shape index (κ3) is 17.6. The van der Waals surface area contributed by atoms with E-state index in [9.17, 15) is 9.90 Å². The van der Waals surface area contributed by atoms with Crippen molar-refractivity contribution in [3.63, 3.8) is 0 Å². The highest BCUT2D eigenvalue weighted by atomic mass is 16.5. The van der Waals surface area contributed by atoms with Crippen molar-refractivity contribution in [3.8, 4) is 0 Å². The maximum Gasteiger partial charge on any atom is 0.305 e. The minimum atomic E-state index is -0.139. The predicted molar refractivity (Wildman–Crippen MR) is 97.6 cm³/mol. The normalized spacial score (nSPS) is 12.3. The average molecular weight is 329 g/mol. The van der Waals surface area contributed by atoms with E-state index in [-0.39, 0.29) is 12.1 Å². The maximum absolute atomic E-state index is 11.6. The number of esters is 1. The van der Waals surface area contributed by atoms with Crippen LogP contribution in [0.4, 0.5) is 0 Å². The van der Waals surface area contributed by atoms with Gasteiger partial charge in [-0.25, -0.2) is 0 Å². The monoisotopic (exact) mass is 328 g/mol. The Morgan fingerprint density at radius 3 is 2.04 bits per heavy atom. The molecule has 0 aromatic heterocycles. The Morgan fingerprint density at radius 2 is 1.39 bits per heavy atom. The second kappa shape index (κ2) is 17.8. The lowest BCUT2D eigenvalue weighted by Crippen LogP contribution is -2.06. The van der Waals surface area contributed by atoms with Gasteiger partial charge in [-0.15, -0.1) is 0 Å². The molecule has 0 rings (SSSR count). The SMILES string of the molecule is CCCCCCCCCCC(=O)OCCCCCCC(O)CC. The topological polar surface area (TPSA) is 46.5 Å². The highest BCUT2D eigenvalue weighted by Gasteiger charge is 2.03. The van der Waals surface area contributed by atoms with Gasteiger partial charge in [0.2, 0.25) is 0 Å². The largest absolute Gasteiger partial charge is 0.466 e. The zero-order chi connectivity index (χ0) is 17.2. The molecule has 1 N–H and O–H groups in total. The quantitative estimate of drug-likeness (QED) is 0.272. The van der Waals surface area contributed by atoms with Crippen LogP contribution in [0.15, 0.2) is 0 Å². The van der Waals surface area contributed by atoms with Crippen LogP contribution in [0.5, 0.6) is 0 Å². The first-order valence-corrected chi connectivity index (χ1v) is 10.0. The van der Waals surface area contributed by atoms with Gasteiger partial charge in [-0.2, -0.15) is 0 Å². The molecule has 0 aromatic rings. The van der Waals surface area contributed by atoms with Crippen molar-refractivity contribution < 1.29 is 14.6 Å². The summed E-state index contributed by atoms with van der Waals surface area (Å²) < 4.78 is 5.26. The number of unbranched alkanes of at least 4 members (excludes halogenated alkanes) is 10. The molecule has 0 amide bonds. The predicted octanol–water partition coefficient (Wildman–Crippen LogP) is 5.78. The molecule has 0 saturated carbocycles. The molecule has 0 aliphatic carbocycles. The van der Waals surface area contributed by atoms with E-state index in [1.165, 1.54) is 38.5 Å². The zero-order valence-electron chi connectivity index (χ0n) is 15.7. The van der Waals surface area contributed by atoms with E-state index in [1.54, 1.807) is 0 Å². The molecule has 0 saturated heterocycles. The number of rotatable bonds is 17. The third-order valence-electron chi connectivity index (χ3n) is 4.40. The van der Waals surface area contributed by atoms with Crippen LogP contribution >= 0.6 is 0 Å². The van der Waals surface area contributed by atoms with Gasteiger partial charge in [0.1, 0.15) is 0 Å². The number of carbonyl (C=O) groups is 1. The molecule has 0 fully saturated rings. The van der Waals surface area contributed by atoms with Crippen molar-refractivity contribution >= 4 is 5.97 Å². The van der Waals surface area contributed by atoms with Crippen molar-refractivity contribution in [2.75, 3.05) is 6.61 Å². The van der Waals surface area contributed by atoms with Crippen molar-refractivity contribution in [1.29, 1.82) is 0 Å². The Hall–Kier alpha value is -0.570. The summed E-state index contributed by atoms with van der Waals surface area (Å²) in [7, 11) is 0. The fourth-order valence-corrected chi connectivity index (χ4v) is 2.70. The number of ether oxygens (including phenoxy) is 1. The highest BCUT2D eigenvalue weighted by Crippen LogP contribution is 2.10. The van der Waals surface area contributed by atoms with Crippen molar-refractivity contribution in [1.82, 2.24) is 0 Å². The number of aliphatic hydroxyl groups excluding tert-OH is 1. The van der Waals surface area contributed by atoms with Crippen molar-refractivity contribution in [3.05, 3.63) is 0 Å². The maximum atomic E-state index is 11.6. The van der Waals surface area contributed by atoms with E-state index in [4.69, 9.17) is 4.74 Å². The molecule has 138 valence electrons. The molecule has 23 heavy (non-hydrogen) atoms. The van der Waals surface area contributed by atoms with Crippen LogP contribution in [0, 0.1) is 0 Å². The summed E-state index contributed by atoms with van der Waals surface area (Å²) in [6, 6.07) is 0. The van der Waals surface area contributed by atoms with Crippen LogP contribution in [0.1, 0.15) is 110 Å². The second-order valence-electron chi connectivity index (χ2n) is 6.71. The van der Waals surface area contributed by atoms with Crippen LogP contribution in [-0.2, 0) is 9.53 Å². The molecule has 3 heteroatoms. The first-order chi connectivity index (χ1) is 11.2. The van der Waals surface area contributed by atoms with Crippen LogP contribution < -0.4 is 0 Å². The molecule has 0 spiro atoms. The fourth-order valence-electron chi connectivity index (χ4n) is 2.70. The molecule has 0 radical (unpaired) electrons. The van der Waals surface area contributed by atoms with E-state index >= 15 is 0 Å². The summed E-state index contributed by atoms with van der Waals surface area (Å²) in [6.07, 6.45) is 16.4. The van der Waals surface area contributed by atoms with Gasteiger partial charge in [-0.05, 0) is 25.7 Å². The summed E-state index contributed by atoms with van der Waals surface area (Å²) in [5.74, 6) is -0.0302. The van der Waals surface area contributed by atoms with Gasteiger partial charge in [0.25, 0.3) is 0 Å². The number of hydrogen-bond donors (Lipinski definition) is 1.